The van der Waals surface area contributed by atoms with Gasteiger partial charge in [-0.1, -0.05) is 0 Å². The number of hydrogen-bond acceptors (Lipinski definition) is 4. The minimum Gasteiger partial charge on any atom is -0.361 e. The predicted molar refractivity (Wildman–Crippen MR) is 62.2 cm³/mol. The molecule has 0 aromatic carbocycles. The molecule has 0 radical (unpaired) electrons. The monoisotopic (exact) mass is 219 g/mol. The van der Waals surface area contributed by atoms with Crippen molar-refractivity contribution in [2.75, 3.05) is 5.32 Å². The van der Waals surface area contributed by atoms with Crippen molar-refractivity contribution in [3.63, 3.8) is 0 Å². The zero-order valence-corrected chi connectivity index (χ0v) is 9.23. The van der Waals surface area contributed by atoms with E-state index in [1.807, 2.05) is 6.92 Å². The second kappa shape index (κ2) is 5.12. The quantitative estimate of drug-likeness (QED) is 0.478. The Morgan fingerprint density at radius 2 is 2.44 bits per heavy atom. The van der Waals surface area contributed by atoms with Gasteiger partial charge in [-0.25, -0.2) is 4.98 Å². The lowest BCUT2D eigenvalue weighted by atomic mass is 10.2. The number of pyridine rings is 1. The van der Waals surface area contributed by atoms with Gasteiger partial charge in [-0.2, -0.15) is 0 Å². The van der Waals surface area contributed by atoms with E-state index in [2.05, 4.69) is 16.2 Å². The number of aromatic nitrogens is 1. The molecule has 1 aromatic rings. The smallest absolute Gasteiger partial charge is 0.314 e. The van der Waals surface area contributed by atoms with E-state index in [-0.39, 0.29) is 17.5 Å². The summed E-state index contributed by atoms with van der Waals surface area (Å²) in [6.45, 7) is 3.53. The Morgan fingerprint density at radius 3 is 3.00 bits per heavy atom. The second-order valence-corrected chi connectivity index (χ2v) is 3.54. The first kappa shape index (κ1) is 12.0. The van der Waals surface area contributed by atoms with Crippen LogP contribution in [0, 0.1) is 29.4 Å². The molecular formula is C11H13N3O2. The van der Waals surface area contributed by atoms with Crippen LogP contribution in [0.15, 0.2) is 12.3 Å². The molecule has 0 spiro atoms. The molecule has 1 unspecified atom stereocenters. The lowest BCUT2D eigenvalue weighted by molar-refractivity contribution is -0.384. The summed E-state index contributed by atoms with van der Waals surface area (Å²) >= 11 is 0. The van der Waals surface area contributed by atoms with Crippen molar-refractivity contribution in [1.29, 1.82) is 0 Å². The highest BCUT2D eigenvalue weighted by molar-refractivity contribution is 5.60. The van der Waals surface area contributed by atoms with Gasteiger partial charge in [-0.15, -0.1) is 12.3 Å². The topological polar surface area (TPSA) is 68.1 Å². The molecule has 0 bridgehead atoms. The third-order valence-corrected chi connectivity index (χ3v) is 2.12. The van der Waals surface area contributed by atoms with Crippen LogP contribution in [0.2, 0.25) is 0 Å². The first-order valence-corrected chi connectivity index (χ1v) is 4.86. The summed E-state index contributed by atoms with van der Waals surface area (Å²) in [4.78, 5) is 14.4. The normalized spacial score (nSPS) is 11.6. The van der Waals surface area contributed by atoms with Gasteiger partial charge < -0.3 is 5.32 Å². The van der Waals surface area contributed by atoms with E-state index in [1.165, 1.54) is 6.20 Å². The van der Waals surface area contributed by atoms with Crippen molar-refractivity contribution in [2.45, 2.75) is 26.3 Å². The van der Waals surface area contributed by atoms with Crippen LogP contribution in [-0.4, -0.2) is 15.9 Å². The second-order valence-electron chi connectivity index (χ2n) is 3.54. The zero-order valence-electron chi connectivity index (χ0n) is 9.23. The molecular weight excluding hydrogens is 206 g/mol. The maximum atomic E-state index is 10.9. The van der Waals surface area contributed by atoms with Crippen molar-refractivity contribution in [1.82, 2.24) is 4.98 Å². The molecule has 16 heavy (non-hydrogen) atoms. The highest BCUT2D eigenvalue weighted by Crippen LogP contribution is 2.26. The molecule has 1 rings (SSSR count). The fourth-order valence-corrected chi connectivity index (χ4v) is 1.35. The molecule has 1 heterocycles. The number of aryl methyl sites for hydroxylation is 1. The number of terminal acetylenes is 1. The largest absolute Gasteiger partial charge is 0.361 e. The van der Waals surface area contributed by atoms with Gasteiger partial charge in [-0.3, -0.25) is 10.1 Å². The lowest BCUT2D eigenvalue weighted by Gasteiger charge is -2.12. The molecule has 5 nitrogen and oxygen atoms in total. The molecule has 5 heteroatoms. The van der Waals surface area contributed by atoms with E-state index in [0.29, 0.717) is 12.0 Å². The van der Waals surface area contributed by atoms with Crippen LogP contribution in [0.3, 0.4) is 0 Å². The Labute approximate surface area is 94.0 Å². The number of nitrogens with one attached hydrogen (secondary N) is 1. The summed E-state index contributed by atoms with van der Waals surface area (Å²) in [6.07, 6.45) is 7.19. The van der Waals surface area contributed by atoms with E-state index in [1.54, 1.807) is 13.0 Å². The number of rotatable bonds is 4. The van der Waals surface area contributed by atoms with Crippen LogP contribution in [0.25, 0.3) is 0 Å². The highest BCUT2D eigenvalue weighted by Gasteiger charge is 2.19. The molecule has 84 valence electrons. The number of hydrogen-bond donors (Lipinski definition) is 1. The maximum Gasteiger partial charge on any atom is 0.314 e. The minimum absolute atomic E-state index is 0.00590. The molecule has 0 aliphatic rings. The fourth-order valence-electron chi connectivity index (χ4n) is 1.35. The molecule has 1 aromatic heterocycles. The van der Waals surface area contributed by atoms with Crippen molar-refractivity contribution in [3.05, 3.63) is 27.9 Å². The van der Waals surface area contributed by atoms with Crippen LogP contribution < -0.4 is 5.32 Å². The van der Waals surface area contributed by atoms with Gasteiger partial charge in [0.25, 0.3) is 0 Å². The molecule has 0 saturated carbocycles. The van der Waals surface area contributed by atoms with Gasteiger partial charge in [0.15, 0.2) is 0 Å². The molecule has 0 aliphatic carbocycles. The maximum absolute atomic E-state index is 10.9. The Balaban J connectivity index is 3.00. The molecule has 0 fully saturated rings. The number of nitro groups is 1. The zero-order chi connectivity index (χ0) is 12.1. The molecule has 0 amide bonds. The minimum atomic E-state index is -0.437. The van der Waals surface area contributed by atoms with Gasteiger partial charge >= 0.3 is 5.69 Å². The number of nitrogens with zero attached hydrogens (tertiary/aromatic N) is 2. The van der Waals surface area contributed by atoms with Crippen LogP contribution in [-0.2, 0) is 0 Å². The average molecular weight is 219 g/mol. The summed E-state index contributed by atoms with van der Waals surface area (Å²) in [5.41, 5.74) is 0.585. The summed E-state index contributed by atoms with van der Waals surface area (Å²) in [5.74, 6) is 2.76. The van der Waals surface area contributed by atoms with Crippen molar-refractivity contribution < 1.29 is 4.92 Å². The summed E-state index contributed by atoms with van der Waals surface area (Å²) in [7, 11) is 0. The average Bonchev–Trinajstić information content (AvgIpc) is 2.17. The summed E-state index contributed by atoms with van der Waals surface area (Å²) in [6, 6.07) is 1.56. The Morgan fingerprint density at radius 1 is 1.75 bits per heavy atom. The standard InChI is InChI=1S/C11H13N3O2/c1-4-5-9(3)13-11-10(14(15)16)8(2)6-7-12-11/h1,6-7,9H,5H2,2-3H3,(H,12,13). The molecule has 0 saturated heterocycles. The number of anilines is 1. The Kier molecular flexibility index (Phi) is 3.84. The molecule has 1 atom stereocenters. The van der Waals surface area contributed by atoms with E-state index in [4.69, 9.17) is 6.42 Å². The van der Waals surface area contributed by atoms with Crippen molar-refractivity contribution in [2.24, 2.45) is 0 Å². The third kappa shape index (κ3) is 2.70. The molecule has 1 N–H and O–H groups in total. The van der Waals surface area contributed by atoms with E-state index >= 15 is 0 Å². The highest BCUT2D eigenvalue weighted by atomic mass is 16.6. The van der Waals surface area contributed by atoms with Gasteiger partial charge in [0, 0.05) is 24.2 Å². The van der Waals surface area contributed by atoms with Gasteiger partial charge in [0.2, 0.25) is 5.82 Å². The van der Waals surface area contributed by atoms with E-state index in [9.17, 15) is 10.1 Å². The van der Waals surface area contributed by atoms with Crippen molar-refractivity contribution in [3.8, 4) is 12.3 Å². The Hall–Kier alpha value is -2.09. The van der Waals surface area contributed by atoms with Crippen LogP contribution in [0.5, 0.6) is 0 Å². The fraction of sp³-hybridized carbons (Fsp3) is 0.364. The Bertz CT molecular complexity index is 437. The van der Waals surface area contributed by atoms with Crippen LogP contribution in [0.1, 0.15) is 18.9 Å². The van der Waals surface area contributed by atoms with Gasteiger partial charge in [-0.05, 0) is 19.9 Å². The first-order chi connectivity index (χ1) is 7.56. The lowest BCUT2D eigenvalue weighted by Crippen LogP contribution is -2.16. The van der Waals surface area contributed by atoms with E-state index < -0.39 is 4.92 Å². The third-order valence-electron chi connectivity index (χ3n) is 2.12. The summed E-state index contributed by atoms with van der Waals surface area (Å²) in [5, 5.41) is 13.8. The van der Waals surface area contributed by atoms with Crippen LogP contribution >= 0.6 is 0 Å². The van der Waals surface area contributed by atoms with Gasteiger partial charge in [0.05, 0.1) is 4.92 Å². The van der Waals surface area contributed by atoms with E-state index in [0.717, 1.165) is 0 Å². The summed E-state index contributed by atoms with van der Waals surface area (Å²) < 4.78 is 0. The van der Waals surface area contributed by atoms with Crippen LogP contribution in [0.4, 0.5) is 11.5 Å². The van der Waals surface area contributed by atoms with Gasteiger partial charge in [0.1, 0.15) is 0 Å². The predicted octanol–water partition coefficient (Wildman–Crippen LogP) is 2.12. The SMILES string of the molecule is C#CCC(C)Nc1nccc(C)c1[N+](=O)[O-]. The first-order valence-electron chi connectivity index (χ1n) is 4.86. The van der Waals surface area contributed by atoms with Crippen molar-refractivity contribution >= 4 is 11.5 Å². The molecule has 0 aliphatic heterocycles.